The summed E-state index contributed by atoms with van der Waals surface area (Å²) in [6.07, 6.45) is 5.54. The first-order chi connectivity index (χ1) is 12.3. The normalized spacial score (nSPS) is 19.5. The number of fused-ring (bicyclic) bond motifs is 1. The monoisotopic (exact) mass is 342 g/mol. The number of nitrogens with one attached hydrogen (secondary N) is 1. The van der Waals surface area contributed by atoms with Crippen LogP contribution in [-0.4, -0.2) is 52.9 Å². The number of likely N-dealkylation sites (tertiary alicyclic amines) is 1. The Labute approximate surface area is 146 Å². The molecule has 1 aromatic carbocycles. The van der Waals surface area contributed by atoms with Crippen molar-refractivity contribution >= 4 is 11.6 Å². The molecule has 0 bridgehead atoms. The molecule has 7 heteroatoms. The second-order valence-corrected chi connectivity index (χ2v) is 6.39. The molecule has 1 fully saturated rings. The van der Waals surface area contributed by atoms with Crippen LogP contribution in [0.4, 0.5) is 5.69 Å². The summed E-state index contributed by atoms with van der Waals surface area (Å²) in [5.74, 6) is 1.67. The first-order valence-corrected chi connectivity index (χ1v) is 8.69. The fourth-order valence-corrected chi connectivity index (χ4v) is 3.32. The van der Waals surface area contributed by atoms with Gasteiger partial charge in [0, 0.05) is 43.3 Å². The number of ether oxygens (including phenoxy) is 2. The number of piperidine rings is 1. The number of benzene rings is 1. The number of aromatic nitrogens is 2. The van der Waals surface area contributed by atoms with Crippen molar-refractivity contribution in [3.8, 4) is 11.5 Å². The van der Waals surface area contributed by atoms with Gasteiger partial charge in [0.1, 0.15) is 19.8 Å². The third-order valence-electron chi connectivity index (χ3n) is 4.54. The van der Waals surface area contributed by atoms with Crippen LogP contribution in [0.25, 0.3) is 0 Å². The van der Waals surface area contributed by atoms with Gasteiger partial charge >= 0.3 is 0 Å². The van der Waals surface area contributed by atoms with Crippen LogP contribution in [0.3, 0.4) is 0 Å². The van der Waals surface area contributed by atoms with Crippen molar-refractivity contribution in [3.05, 3.63) is 36.7 Å². The van der Waals surface area contributed by atoms with Crippen LogP contribution in [0.2, 0.25) is 0 Å². The first kappa shape index (κ1) is 15.8. The lowest BCUT2D eigenvalue weighted by atomic mass is 10.0. The number of hydrogen-bond donors (Lipinski definition) is 1. The Morgan fingerprint density at radius 1 is 1.28 bits per heavy atom. The van der Waals surface area contributed by atoms with Crippen molar-refractivity contribution in [2.45, 2.75) is 25.4 Å². The van der Waals surface area contributed by atoms with Gasteiger partial charge in [-0.15, -0.1) is 0 Å². The molecule has 3 heterocycles. The maximum absolute atomic E-state index is 12.5. The molecule has 7 nitrogen and oxygen atoms in total. The van der Waals surface area contributed by atoms with Gasteiger partial charge in [0.2, 0.25) is 5.91 Å². The lowest BCUT2D eigenvalue weighted by Gasteiger charge is -2.34. The quantitative estimate of drug-likeness (QED) is 0.917. The summed E-state index contributed by atoms with van der Waals surface area (Å²) in [4.78, 5) is 14.4. The predicted octanol–water partition coefficient (Wildman–Crippen LogP) is 1.76. The Kier molecular flexibility index (Phi) is 4.45. The number of rotatable bonds is 4. The standard InChI is InChI=1S/C18H22N4O3/c23-18(13-22-8-2-6-19-22)21-7-1-3-15(12-21)20-14-4-5-16-17(11-14)25-10-9-24-16/h2,4-6,8,11,15,20H,1,3,7,9-10,12-13H2/t15-/m1/s1. The van der Waals surface area contributed by atoms with Gasteiger partial charge in [-0.25, -0.2) is 0 Å². The molecular weight excluding hydrogens is 320 g/mol. The fourth-order valence-electron chi connectivity index (χ4n) is 3.32. The maximum atomic E-state index is 12.5. The molecule has 1 N–H and O–H groups in total. The first-order valence-electron chi connectivity index (χ1n) is 8.69. The summed E-state index contributed by atoms with van der Waals surface area (Å²) in [6.45, 7) is 2.98. The minimum Gasteiger partial charge on any atom is -0.486 e. The van der Waals surface area contributed by atoms with E-state index < -0.39 is 0 Å². The minimum absolute atomic E-state index is 0.109. The van der Waals surface area contributed by atoms with Gasteiger partial charge in [0.05, 0.1) is 0 Å². The fraction of sp³-hybridized carbons (Fsp3) is 0.444. The molecule has 0 radical (unpaired) electrons. The number of carbonyl (C=O) groups is 1. The van der Waals surface area contributed by atoms with Crippen molar-refractivity contribution < 1.29 is 14.3 Å². The molecule has 0 spiro atoms. The molecule has 1 atom stereocenters. The van der Waals surface area contributed by atoms with Crippen LogP contribution in [0.15, 0.2) is 36.7 Å². The highest BCUT2D eigenvalue weighted by Crippen LogP contribution is 2.33. The predicted molar refractivity (Wildman–Crippen MR) is 92.9 cm³/mol. The molecule has 2 aliphatic rings. The molecule has 2 aromatic rings. The Morgan fingerprint density at radius 2 is 2.16 bits per heavy atom. The van der Waals surface area contributed by atoms with E-state index in [0.29, 0.717) is 26.3 Å². The van der Waals surface area contributed by atoms with Gasteiger partial charge in [0.15, 0.2) is 11.5 Å². The van der Waals surface area contributed by atoms with E-state index in [4.69, 9.17) is 9.47 Å². The van der Waals surface area contributed by atoms with Crippen LogP contribution in [0, 0.1) is 0 Å². The van der Waals surface area contributed by atoms with Crippen molar-refractivity contribution in [2.75, 3.05) is 31.6 Å². The number of nitrogens with zero attached hydrogens (tertiary/aromatic N) is 3. The summed E-state index contributed by atoms with van der Waals surface area (Å²) in [5.41, 5.74) is 0.996. The number of carbonyl (C=O) groups excluding carboxylic acids is 1. The van der Waals surface area contributed by atoms with Gasteiger partial charge < -0.3 is 19.7 Å². The number of amides is 1. The van der Waals surface area contributed by atoms with Gasteiger partial charge in [-0.05, 0) is 31.0 Å². The smallest absolute Gasteiger partial charge is 0.244 e. The summed E-state index contributed by atoms with van der Waals surface area (Å²) >= 11 is 0. The Balaban J connectivity index is 1.37. The average Bonchev–Trinajstić information content (AvgIpc) is 3.15. The molecule has 0 unspecified atom stereocenters. The molecule has 1 aromatic heterocycles. The molecule has 132 valence electrons. The lowest BCUT2D eigenvalue weighted by Crippen LogP contribution is -2.46. The summed E-state index contributed by atoms with van der Waals surface area (Å²) in [6, 6.07) is 7.96. The van der Waals surface area contributed by atoms with Crippen LogP contribution < -0.4 is 14.8 Å². The second-order valence-electron chi connectivity index (χ2n) is 6.39. The zero-order valence-corrected chi connectivity index (χ0v) is 14.1. The molecule has 25 heavy (non-hydrogen) atoms. The number of hydrogen-bond acceptors (Lipinski definition) is 5. The molecule has 4 rings (SSSR count). The SMILES string of the molecule is O=C(Cn1cccn1)N1CCC[C@@H](Nc2ccc3c(c2)OCCO3)C1. The Hall–Kier alpha value is -2.70. The van der Waals surface area contributed by atoms with Gasteiger partial charge in [-0.2, -0.15) is 5.10 Å². The summed E-state index contributed by atoms with van der Waals surface area (Å²) in [7, 11) is 0. The highest BCUT2D eigenvalue weighted by atomic mass is 16.6. The molecule has 1 saturated heterocycles. The van der Waals surface area contributed by atoms with Gasteiger partial charge in [-0.3, -0.25) is 9.48 Å². The van der Waals surface area contributed by atoms with Gasteiger partial charge in [0.25, 0.3) is 0 Å². The zero-order valence-electron chi connectivity index (χ0n) is 14.1. The van der Waals surface area contributed by atoms with Crippen LogP contribution in [0.1, 0.15) is 12.8 Å². The van der Waals surface area contributed by atoms with E-state index in [1.807, 2.05) is 35.4 Å². The highest BCUT2D eigenvalue weighted by molar-refractivity contribution is 5.76. The molecular formula is C18H22N4O3. The van der Waals surface area contributed by atoms with Crippen LogP contribution in [-0.2, 0) is 11.3 Å². The highest BCUT2D eigenvalue weighted by Gasteiger charge is 2.24. The van der Waals surface area contributed by atoms with E-state index >= 15 is 0 Å². The molecule has 0 aliphatic carbocycles. The van der Waals surface area contributed by atoms with E-state index in [2.05, 4.69) is 10.4 Å². The second kappa shape index (κ2) is 7.04. The van der Waals surface area contributed by atoms with Gasteiger partial charge in [-0.1, -0.05) is 0 Å². The van der Waals surface area contributed by atoms with E-state index in [9.17, 15) is 4.79 Å². The maximum Gasteiger partial charge on any atom is 0.244 e. The topological polar surface area (TPSA) is 68.6 Å². The average molecular weight is 342 g/mol. The molecule has 0 saturated carbocycles. The number of anilines is 1. The third kappa shape index (κ3) is 3.70. The van der Waals surface area contributed by atoms with E-state index in [1.54, 1.807) is 10.9 Å². The van der Waals surface area contributed by atoms with Crippen LogP contribution >= 0.6 is 0 Å². The van der Waals surface area contributed by atoms with Crippen molar-refractivity contribution in [1.29, 1.82) is 0 Å². The zero-order chi connectivity index (χ0) is 17.1. The van der Waals surface area contributed by atoms with E-state index in [-0.39, 0.29) is 11.9 Å². The van der Waals surface area contributed by atoms with Crippen molar-refractivity contribution in [3.63, 3.8) is 0 Å². The minimum atomic E-state index is 0.109. The largest absolute Gasteiger partial charge is 0.486 e. The Bertz CT molecular complexity index is 732. The van der Waals surface area contributed by atoms with E-state index in [0.717, 1.165) is 36.6 Å². The Morgan fingerprint density at radius 3 is 3.00 bits per heavy atom. The van der Waals surface area contributed by atoms with Crippen molar-refractivity contribution in [2.24, 2.45) is 0 Å². The van der Waals surface area contributed by atoms with Crippen LogP contribution in [0.5, 0.6) is 11.5 Å². The third-order valence-corrected chi connectivity index (χ3v) is 4.54. The summed E-state index contributed by atoms with van der Waals surface area (Å²) in [5, 5.41) is 7.63. The molecule has 1 amide bonds. The summed E-state index contributed by atoms with van der Waals surface area (Å²) < 4.78 is 12.9. The molecule has 2 aliphatic heterocycles. The van der Waals surface area contributed by atoms with E-state index in [1.165, 1.54) is 0 Å². The van der Waals surface area contributed by atoms with Crippen molar-refractivity contribution in [1.82, 2.24) is 14.7 Å². The lowest BCUT2D eigenvalue weighted by molar-refractivity contribution is -0.133.